The standard InChI is InChI=1S/C17H18F2N4O2/c1-23(16(24)22-15-10-25-11-17(15,18)19)9-13-4-6-21-8-14(13)12-3-2-5-20-7-12/h2-8,15H,9-11H2,1H3,(H,22,24)/t15-/m0/s1. The Morgan fingerprint density at radius 2 is 2.16 bits per heavy atom. The molecule has 0 bridgehead atoms. The lowest BCUT2D eigenvalue weighted by Crippen LogP contribution is -2.50. The first-order chi connectivity index (χ1) is 12.0. The van der Waals surface area contributed by atoms with Crippen LogP contribution < -0.4 is 5.32 Å². The molecule has 8 heteroatoms. The summed E-state index contributed by atoms with van der Waals surface area (Å²) in [7, 11) is 1.55. The van der Waals surface area contributed by atoms with Gasteiger partial charge in [-0.1, -0.05) is 6.07 Å². The molecule has 0 saturated carbocycles. The van der Waals surface area contributed by atoms with E-state index in [4.69, 9.17) is 4.74 Å². The van der Waals surface area contributed by atoms with E-state index in [1.807, 2.05) is 12.1 Å². The molecule has 1 fully saturated rings. The van der Waals surface area contributed by atoms with Crippen LogP contribution in [0, 0.1) is 0 Å². The van der Waals surface area contributed by atoms with E-state index in [0.29, 0.717) is 0 Å². The van der Waals surface area contributed by atoms with Gasteiger partial charge in [0.15, 0.2) is 0 Å². The fourth-order valence-electron chi connectivity index (χ4n) is 2.61. The number of carbonyl (C=O) groups is 1. The Labute approximate surface area is 143 Å². The maximum absolute atomic E-state index is 13.6. The quantitative estimate of drug-likeness (QED) is 0.921. The summed E-state index contributed by atoms with van der Waals surface area (Å²) in [4.78, 5) is 21.8. The second-order valence-corrected chi connectivity index (χ2v) is 5.91. The molecule has 0 radical (unpaired) electrons. The number of nitrogens with zero attached hydrogens (tertiary/aromatic N) is 3. The number of pyridine rings is 2. The van der Waals surface area contributed by atoms with Gasteiger partial charge in [0.25, 0.3) is 5.92 Å². The van der Waals surface area contributed by atoms with Crippen LogP contribution in [0.3, 0.4) is 0 Å². The van der Waals surface area contributed by atoms with E-state index in [9.17, 15) is 13.6 Å². The van der Waals surface area contributed by atoms with Crippen LogP contribution in [-0.4, -0.2) is 53.1 Å². The van der Waals surface area contributed by atoms with E-state index in [-0.39, 0.29) is 13.2 Å². The van der Waals surface area contributed by atoms with Crippen LogP contribution in [0.1, 0.15) is 5.56 Å². The first-order valence-electron chi connectivity index (χ1n) is 7.78. The minimum atomic E-state index is -3.05. The Kier molecular flexibility index (Phi) is 4.89. The highest BCUT2D eigenvalue weighted by Crippen LogP contribution is 2.26. The summed E-state index contributed by atoms with van der Waals surface area (Å²) in [5.74, 6) is -3.05. The lowest BCUT2D eigenvalue weighted by Gasteiger charge is -2.24. The number of halogens is 2. The van der Waals surface area contributed by atoms with Gasteiger partial charge in [0.1, 0.15) is 12.6 Å². The van der Waals surface area contributed by atoms with Gasteiger partial charge < -0.3 is 15.0 Å². The van der Waals surface area contributed by atoms with E-state index >= 15 is 0 Å². The molecular weight excluding hydrogens is 330 g/mol. The van der Waals surface area contributed by atoms with E-state index in [1.165, 1.54) is 4.90 Å². The fraction of sp³-hybridized carbons (Fsp3) is 0.353. The zero-order valence-corrected chi connectivity index (χ0v) is 13.7. The Hall–Kier alpha value is -2.61. The Bertz CT molecular complexity index is 742. The summed E-state index contributed by atoms with van der Waals surface area (Å²) < 4.78 is 31.9. The Balaban J connectivity index is 1.71. The van der Waals surface area contributed by atoms with Crippen LogP contribution in [0.15, 0.2) is 43.0 Å². The van der Waals surface area contributed by atoms with Crippen LogP contribution in [0.5, 0.6) is 0 Å². The molecule has 25 heavy (non-hydrogen) atoms. The van der Waals surface area contributed by atoms with Gasteiger partial charge in [-0.05, 0) is 17.7 Å². The molecule has 2 aromatic rings. The molecule has 0 aromatic carbocycles. The number of aromatic nitrogens is 2. The Morgan fingerprint density at radius 1 is 1.36 bits per heavy atom. The smallest absolute Gasteiger partial charge is 0.317 e. The van der Waals surface area contributed by atoms with Gasteiger partial charge in [-0.25, -0.2) is 13.6 Å². The summed E-state index contributed by atoms with van der Waals surface area (Å²) in [5.41, 5.74) is 2.55. The van der Waals surface area contributed by atoms with Crippen molar-refractivity contribution in [3.8, 4) is 11.1 Å². The predicted molar refractivity (Wildman–Crippen MR) is 87.0 cm³/mol. The summed E-state index contributed by atoms with van der Waals surface area (Å²) in [6.45, 7) is -0.613. The molecule has 0 aliphatic carbocycles. The number of urea groups is 1. The van der Waals surface area contributed by atoms with Crippen LogP contribution in [-0.2, 0) is 11.3 Å². The fourth-order valence-corrected chi connectivity index (χ4v) is 2.61. The van der Waals surface area contributed by atoms with Crippen molar-refractivity contribution in [2.45, 2.75) is 18.5 Å². The molecule has 1 saturated heterocycles. The summed E-state index contributed by atoms with van der Waals surface area (Å²) in [6, 6.07) is 3.61. The van der Waals surface area contributed by atoms with Crippen molar-refractivity contribution in [1.29, 1.82) is 0 Å². The molecular formula is C17H18F2N4O2. The van der Waals surface area contributed by atoms with Crippen molar-refractivity contribution >= 4 is 6.03 Å². The molecule has 1 N–H and O–H groups in total. The van der Waals surface area contributed by atoms with Gasteiger partial charge in [-0.2, -0.15) is 0 Å². The monoisotopic (exact) mass is 348 g/mol. The molecule has 1 aliphatic rings. The molecule has 2 amide bonds. The van der Waals surface area contributed by atoms with Crippen LogP contribution >= 0.6 is 0 Å². The third kappa shape index (κ3) is 3.90. The van der Waals surface area contributed by atoms with Crippen LogP contribution in [0.25, 0.3) is 11.1 Å². The van der Waals surface area contributed by atoms with E-state index in [1.54, 1.807) is 37.9 Å². The molecule has 2 aromatic heterocycles. The topological polar surface area (TPSA) is 67.4 Å². The second kappa shape index (κ2) is 7.10. The van der Waals surface area contributed by atoms with Gasteiger partial charge >= 0.3 is 6.03 Å². The average molecular weight is 348 g/mol. The molecule has 3 rings (SSSR count). The number of alkyl halides is 2. The number of carbonyl (C=O) groups excluding carboxylic acids is 1. The maximum atomic E-state index is 13.6. The van der Waals surface area contributed by atoms with Crippen molar-refractivity contribution in [2.75, 3.05) is 20.3 Å². The highest BCUT2D eigenvalue weighted by atomic mass is 19.3. The minimum absolute atomic E-state index is 0.192. The molecule has 1 atom stereocenters. The predicted octanol–water partition coefficient (Wildman–Crippen LogP) is 2.32. The largest absolute Gasteiger partial charge is 0.373 e. The molecule has 3 heterocycles. The molecule has 0 spiro atoms. The number of ether oxygens (including phenoxy) is 1. The normalized spacial score (nSPS) is 18.8. The first kappa shape index (κ1) is 17.2. The number of rotatable bonds is 4. The van der Waals surface area contributed by atoms with Crippen molar-refractivity contribution in [2.24, 2.45) is 0 Å². The third-order valence-electron chi connectivity index (χ3n) is 4.02. The zero-order valence-electron chi connectivity index (χ0n) is 13.7. The SMILES string of the molecule is CN(Cc1ccncc1-c1cccnc1)C(=O)N[C@H]1COCC1(F)F. The van der Waals surface area contributed by atoms with Crippen molar-refractivity contribution in [3.63, 3.8) is 0 Å². The molecule has 1 aliphatic heterocycles. The number of amides is 2. The summed E-state index contributed by atoms with van der Waals surface area (Å²) >= 11 is 0. The number of nitrogens with one attached hydrogen (secondary N) is 1. The van der Waals surface area contributed by atoms with Crippen molar-refractivity contribution in [3.05, 3.63) is 48.5 Å². The van der Waals surface area contributed by atoms with Gasteiger partial charge in [-0.15, -0.1) is 0 Å². The second-order valence-electron chi connectivity index (χ2n) is 5.91. The lowest BCUT2D eigenvalue weighted by molar-refractivity contribution is -0.0222. The summed E-state index contributed by atoms with van der Waals surface area (Å²) in [6.07, 6.45) is 6.69. The Morgan fingerprint density at radius 3 is 2.84 bits per heavy atom. The number of hydrogen-bond acceptors (Lipinski definition) is 4. The number of hydrogen-bond donors (Lipinski definition) is 1. The zero-order chi connectivity index (χ0) is 17.9. The lowest BCUT2D eigenvalue weighted by atomic mass is 10.0. The van der Waals surface area contributed by atoms with E-state index < -0.39 is 24.6 Å². The third-order valence-corrected chi connectivity index (χ3v) is 4.02. The minimum Gasteiger partial charge on any atom is -0.373 e. The van der Waals surface area contributed by atoms with Crippen molar-refractivity contribution < 1.29 is 18.3 Å². The maximum Gasteiger partial charge on any atom is 0.317 e. The highest BCUT2D eigenvalue weighted by Gasteiger charge is 2.46. The van der Waals surface area contributed by atoms with Crippen LogP contribution in [0.4, 0.5) is 13.6 Å². The summed E-state index contributed by atoms with van der Waals surface area (Å²) in [5, 5.41) is 2.33. The highest BCUT2D eigenvalue weighted by molar-refractivity contribution is 5.75. The van der Waals surface area contributed by atoms with Gasteiger partial charge in [0.2, 0.25) is 0 Å². The van der Waals surface area contributed by atoms with Crippen molar-refractivity contribution in [1.82, 2.24) is 20.2 Å². The average Bonchev–Trinajstić information content (AvgIpc) is 2.94. The molecule has 6 nitrogen and oxygen atoms in total. The van der Waals surface area contributed by atoms with Gasteiger partial charge in [-0.3, -0.25) is 9.97 Å². The molecule has 132 valence electrons. The van der Waals surface area contributed by atoms with E-state index in [2.05, 4.69) is 15.3 Å². The first-order valence-corrected chi connectivity index (χ1v) is 7.78. The molecule has 0 unspecified atom stereocenters. The van der Waals surface area contributed by atoms with Gasteiger partial charge in [0, 0.05) is 49.5 Å². The van der Waals surface area contributed by atoms with Gasteiger partial charge in [0.05, 0.1) is 6.61 Å². The van der Waals surface area contributed by atoms with Crippen LogP contribution in [0.2, 0.25) is 0 Å². The van der Waals surface area contributed by atoms with E-state index in [0.717, 1.165) is 16.7 Å².